The summed E-state index contributed by atoms with van der Waals surface area (Å²) in [5.74, 6) is 2.47. The number of ether oxygens (including phenoxy) is 1. The molecular formula is C25H38N2O4. The molecule has 0 bridgehead atoms. The highest BCUT2D eigenvalue weighted by Crippen LogP contribution is 2.65. The topological polar surface area (TPSA) is 77.0 Å². The van der Waals surface area contributed by atoms with Crippen molar-refractivity contribution in [2.24, 2.45) is 39.7 Å². The zero-order valence-corrected chi connectivity index (χ0v) is 19.2. The molecule has 6 nitrogen and oxygen atoms in total. The number of carbonyl (C=O) groups excluding carboxylic acids is 2. The minimum Gasteiger partial charge on any atom is -0.465 e. The van der Waals surface area contributed by atoms with Gasteiger partial charge in [-0.3, -0.25) is 9.59 Å². The van der Waals surface area contributed by atoms with E-state index in [4.69, 9.17) is 9.57 Å². The standard InChI is InChI=1S/C25H38N2O4/c1-16(28)30-15-25-11-7-18(27-31-19-9-12-26-14-19)13-17(25)3-4-20-21-5-6-23(29)24(21,2)10-8-22(20)25/h17,19-22,26H,3-15H2,1-2H3/t17-,19+,20?,21?,22?,24-,25+/m0/s1. The molecule has 0 aromatic carbocycles. The molecule has 7 atom stereocenters. The normalized spacial score (nSPS) is 45.7. The van der Waals surface area contributed by atoms with Gasteiger partial charge in [0.25, 0.3) is 0 Å². The van der Waals surface area contributed by atoms with E-state index in [1.54, 1.807) is 0 Å². The van der Waals surface area contributed by atoms with Crippen molar-refractivity contribution in [2.45, 2.75) is 84.2 Å². The van der Waals surface area contributed by atoms with Gasteiger partial charge in [-0.2, -0.15) is 0 Å². The number of fused-ring (bicyclic) bond motifs is 5. The molecule has 1 heterocycles. The van der Waals surface area contributed by atoms with E-state index in [1.165, 1.54) is 19.1 Å². The van der Waals surface area contributed by atoms with E-state index < -0.39 is 0 Å². The lowest BCUT2D eigenvalue weighted by Crippen LogP contribution is -2.56. The summed E-state index contributed by atoms with van der Waals surface area (Å²) in [4.78, 5) is 30.3. The van der Waals surface area contributed by atoms with Crippen LogP contribution in [0.25, 0.3) is 0 Å². The Morgan fingerprint density at radius 2 is 2.00 bits per heavy atom. The molecular weight excluding hydrogens is 392 g/mol. The molecule has 172 valence electrons. The van der Waals surface area contributed by atoms with E-state index in [9.17, 15) is 9.59 Å². The molecule has 4 saturated carbocycles. The third-order valence-electron chi connectivity index (χ3n) is 9.80. The highest BCUT2D eigenvalue weighted by atomic mass is 16.6. The van der Waals surface area contributed by atoms with Crippen LogP contribution in [-0.2, 0) is 19.2 Å². The van der Waals surface area contributed by atoms with Crippen LogP contribution < -0.4 is 5.32 Å². The second-order valence-corrected chi connectivity index (χ2v) is 11.2. The first-order valence-electron chi connectivity index (χ1n) is 12.5. The van der Waals surface area contributed by atoms with E-state index in [-0.39, 0.29) is 22.9 Å². The summed E-state index contributed by atoms with van der Waals surface area (Å²) in [7, 11) is 0. The van der Waals surface area contributed by atoms with Crippen molar-refractivity contribution in [3.8, 4) is 0 Å². The van der Waals surface area contributed by atoms with Crippen molar-refractivity contribution >= 4 is 17.5 Å². The fourth-order valence-corrected chi connectivity index (χ4v) is 8.10. The molecule has 3 unspecified atom stereocenters. The zero-order chi connectivity index (χ0) is 21.6. The van der Waals surface area contributed by atoms with Crippen molar-refractivity contribution in [1.82, 2.24) is 5.32 Å². The Hall–Kier alpha value is -1.43. The van der Waals surface area contributed by atoms with Crippen LogP contribution in [0.3, 0.4) is 0 Å². The second-order valence-electron chi connectivity index (χ2n) is 11.2. The number of esters is 1. The molecule has 0 spiro atoms. The minimum atomic E-state index is -0.177. The molecule has 4 aliphatic carbocycles. The number of oxime groups is 1. The summed E-state index contributed by atoms with van der Waals surface area (Å²) in [6, 6.07) is 0. The average Bonchev–Trinajstić information content (AvgIpc) is 3.38. The Labute approximate surface area is 185 Å². The van der Waals surface area contributed by atoms with Gasteiger partial charge in [0.05, 0.1) is 12.3 Å². The molecule has 0 aromatic rings. The van der Waals surface area contributed by atoms with Crippen LogP contribution in [0.4, 0.5) is 0 Å². The van der Waals surface area contributed by atoms with Gasteiger partial charge in [0.2, 0.25) is 0 Å². The van der Waals surface area contributed by atoms with Gasteiger partial charge < -0.3 is 14.9 Å². The largest absolute Gasteiger partial charge is 0.465 e. The summed E-state index contributed by atoms with van der Waals surface area (Å²) in [6.45, 7) is 6.19. The summed E-state index contributed by atoms with van der Waals surface area (Å²) in [6.07, 6.45) is 10.4. The summed E-state index contributed by atoms with van der Waals surface area (Å²) in [5.41, 5.74) is 1.11. The fourth-order valence-electron chi connectivity index (χ4n) is 8.10. The third kappa shape index (κ3) is 3.63. The van der Waals surface area contributed by atoms with Crippen molar-refractivity contribution in [1.29, 1.82) is 0 Å². The van der Waals surface area contributed by atoms with Crippen molar-refractivity contribution < 1.29 is 19.2 Å². The van der Waals surface area contributed by atoms with Crippen LogP contribution in [0.1, 0.15) is 78.1 Å². The van der Waals surface area contributed by atoms with Crippen LogP contribution in [0.2, 0.25) is 0 Å². The van der Waals surface area contributed by atoms with Crippen molar-refractivity contribution in [2.75, 3.05) is 19.7 Å². The lowest BCUT2D eigenvalue weighted by molar-refractivity contribution is -0.163. The van der Waals surface area contributed by atoms with Gasteiger partial charge in [-0.25, -0.2) is 0 Å². The van der Waals surface area contributed by atoms with E-state index in [0.717, 1.165) is 70.9 Å². The fraction of sp³-hybridized carbons (Fsp3) is 0.880. The predicted molar refractivity (Wildman–Crippen MR) is 117 cm³/mol. The third-order valence-corrected chi connectivity index (χ3v) is 9.80. The first-order chi connectivity index (χ1) is 14.9. The molecule has 5 fully saturated rings. The lowest BCUT2D eigenvalue weighted by Gasteiger charge is -2.60. The number of carbonyl (C=O) groups is 2. The Morgan fingerprint density at radius 1 is 1.13 bits per heavy atom. The number of nitrogens with one attached hydrogen (secondary N) is 1. The van der Waals surface area contributed by atoms with Gasteiger partial charge in [-0.1, -0.05) is 12.1 Å². The predicted octanol–water partition coefficient (Wildman–Crippen LogP) is 3.88. The van der Waals surface area contributed by atoms with E-state index in [0.29, 0.717) is 36.1 Å². The van der Waals surface area contributed by atoms with Crippen LogP contribution in [-0.4, -0.2) is 43.3 Å². The molecule has 5 rings (SSSR count). The molecule has 31 heavy (non-hydrogen) atoms. The Morgan fingerprint density at radius 3 is 2.77 bits per heavy atom. The molecule has 1 N–H and O–H groups in total. The molecule has 1 aliphatic heterocycles. The van der Waals surface area contributed by atoms with E-state index >= 15 is 0 Å². The molecule has 6 heteroatoms. The molecule has 1 saturated heterocycles. The van der Waals surface area contributed by atoms with Crippen molar-refractivity contribution in [3.63, 3.8) is 0 Å². The van der Waals surface area contributed by atoms with Crippen molar-refractivity contribution in [3.05, 3.63) is 0 Å². The van der Waals surface area contributed by atoms with Crippen LogP contribution in [0.5, 0.6) is 0 Å². The van der Waals surface area contributed by atoms with E-state index in [2.05, 4.69) is 17.4 Å². The Balaban J connectivity index is 1.37. The maximum absolute atomic E-state index is 12.7. The Kier molecular flexibility index (Phi) is 5.64. The maximum atomic E-state index is 12.7. The molecule has 0 aromatic heterocycles. The summed E-state index contributed by atoms with van der Waals surface area (Å²) < 4.78 is 5.74. The van der Waals surface area contributed by atoms with Gasteiger partial charge in [0.1, 0.15) is 11.9 Å². The maximum Gasteiger partial charge on any atom is 0.302 e. The Bertz CT molecular complexity index is 761. The summed E-state index contributed by atoms with van der Waals surface area (Å²) >= 11 is 0. The van der Waals surface area contributed by atoms with Crippen LogP contribution in [0.15, 0.2) is 5.16 Å². The minimum absolute atomic E-state index is 0.0372. The number of hydrogen-bond acceptors (Lipinski definition) is 6. The van der Waals surface area contributed by atoms with Crippen LogP contribution in [0, 0.1) is 34.5 Å². The second kappa shape index (κ2) is 8.17. The van der Waals surface area contributed by atoms with Gasteiger partial charge in [0, 0.05) is 37.1 Å². The number of ketones is 1. The number of rotatable bonds is 4. The highest BCUT2D eigenvalue weighted by Gasteiger charge is 2.61. The first-order valence-corrected chi connectivity index (χ1v) is 12.5. The molecule has 0 amide bonds. The quantitative estimate of drug-likeness (QED) is 0.541. The SMILES string of the molecule is CC(=O)OC[C@]12CCC(=NO[C@@H]3CCNC3)C[C@@H]1CCC1C2CC[C@]2(C)C(=O)CCC12. The van der Waals surface area contributed by atoms with Gasteiger partial charge in [0.15, 0.2) is 0 Å². The number of hydrogen-bond donors (Lipinski definition) is 1. The zero-order valence-electron chi connectivity index (χ0n) is 19.2. The molecule has 5 aliphatic rings. The average molecular weight is 431 g/mol. The van der Waals surface area contributed by atoms with E-state index in [1.807, 2.05) is 0 Å². The first kappa shape index (κ1) is 21.4. The molecule has 0 radical (unpaired) electrons. The van der Waals surface area contributed by atoms with Gasteiger partial charge >= 0.3 is 5.97 Å². The monoisotopic (exact) mass is 430 g/mol. The van der Waals surface area contributed by atoms with Gasteiger partial charge in [-0.15, -0.1) is 0 Å². The summed E-state index contributed by atoms with van der Waals surface area (Å²) in [5, 5.41) is 7.91. The van der Waals surface area contributed by atoms with Crippen LogP contribution >= 0.6 is 0 Å². The number of Topliss-reactive ketones (excluding diaryl/α,β-unsaturated/α-hetero) is 1. The highest BCUT2D eigenvalue weighted by molar-refractivity contribution is 5.87. The smallest absolute Gasteiger partial charge is 0.302 e. The number of nitrogens with zero attached hydrogens (tertiary/aromatic N) is 1. The lowest BCUT2D eigenvalue weighted by atomic mass is 9.45. The van der Waals surface area contributed by atoms with Gasteiger partial charge in [-0.05, 0) is 81.6 Å².